The number of amides is 2. The van der Waals surface area contributed by atoms with Crippen LogP contribution in [0.15, 0.2) is 18.2 Å². The number of carbonyl (C=O) groups excluding carboxylic acids is 2. The van der Waals surface area contributed by atoms with Crippen LogP contribution >= 0.6 is 12.4 Å². The van der Waals surface area contributed by atoms with Crippen LogP contribution in [0.25, 0.3) is 0 Å². The molecular formula is C22H34ClF2N3O6S. The molecule has 0 heterocycles. The van der Waals surface area contributed by atoms with Gasteiger partial charge in [-0.05, 0) is 43.4 Å². The number of aliphatic hydroxyl groups excluding tert-OH is 1. The number of aliphatic hydroxyl groups is 1. The quantitative estimate of drug-likeness (QED) is 0.280. The molecule has 9 nitrogen and oxygen atoms in total. The van der Waals surface area contributed by atoms with Gasteiger partial charge in [0.15, 0.2) is 9.84 Å². The Labute approximate surface area is 210 Å². The first kappa shape index (κ1) is 31.0. The molecule has 200 valence electrons. The normalized spacial score (nSPS) is 15.9. The summed E-state index contributed by atoms with van der Waals surface area (Å²) >= 11 is 0. The Morgan fingerprint density at radius 1 is 1.17 bits per heavy atom. The molecule has 3 atom stereocenters. The van der Waals surface area contributed by atoms with Gasteiger partial charge >= 0.3 is 6.09 Å². The highest BCUT2D eigenvalue weighted by Gasteiger charge is 2.32. The van der Waals surface area contributed by atoms with Gasteiger partial charge in [0.1, 0.15) is 17.7 Å². The van der Waals surface area contributed by atoms with Crippen LogP contribution in [0.4, 0.5) is 13.6 Å². The lowest BCUT2D eigenvalue weighted by Gasteiger charge is -2.27. The number of hydrogen-bond donors (Lipinski definition) is 4. The molecule has 0 aromatic heterocycles. The first-order chi connectivity index (χ1) is 16.0. The van der Waals surface area contributed by atoms with Crippen LogP contribution in [0.1, 0.15) is 38.2 Å². The van der Waals surface area contributed by atoms with E-state index in [9.17, 15) is 31.9 Å². The lowest BCUT2D eigenvalue weighted by Crippen LogP contribution is -2.56. The highest BCUT2D eigenvalue weighted by atomic mass is 35.5. The van der Waals surface area contributed by atoms with E-state index in [1.807, 2.05) is 6.92 Å². The summed E-state index contributed by atoms with van der Waals surface area (Å²) in [6.07, 6.45) is 0.680. The molecule has 1 aliphatic carbocycles. The second-order valence-corrected chi connectivity index (χ2v) is 10.7. The van der Waals surface area contributed by atoms with E-state index >= 15 is 0 Å². The van der Waals surface area contributed by atoms with Crippen LogP contribution < -0.4 is 16.0 Å². The summed E-state index contributed by atoms with van der Waals surface area (Å²) in [5, 5.41) is 18.6. The van der Waals surface area contributed by atoms with Crippen molar-refractivity contribution in [1.82, 2.24) is 16.0 Å². The Balaban J connectivity index is 0.00000612. The Morgan fingerprint density at radius 3 is 2.34 bits per heavy atom. The van der Waals surface area contributed by atoms with Gasteiger partial charge in [-0.3, -0.25) is 4.79 Å². The fourth-order valence-electron chi connectivity index (χ4n) is 3.35. The van der Waals surface area contributed by atoms with Crippen molar-refractivity contribution in [1.29, 1.82) is 0 Å². The zero-order valence-corrected chi connectivity index (χ0v) is 21.4. The van der Waals surface area contributed by atoms with Crippen molar-refractivity contribution in [2.75, 3.05) is 25.2 Å². The van der Waals surface area contributed by atoms with Crippen LogP contribution in [-0.2, 0) is 25.8 Å². The molecule has 1 aromatic rings. The number of carbonyl (C=O) groups is 2. The van der Waals surface area contributed by atoms with Crippen LogP contribution in [0, 0.1) is 11.6 Å². The van der Waals surface area contributed by atoms with E-state index in [4.69, 9.17) is 0 Å². The first-order valence-corrected chi connectivity index (χ1v) is 13.1. The van der Waals surface area contributed by atoms with Crippen molar-refractivity contribution in [3.63, 3.8) is 0 Å². The Bertz CT molecular complexity index is 929. The van der Waals surface area contributed by atoms with Crippen LogP contribution in [-0.4, -0.2) is 74.9 Å². The number of benzene rings is 1. The highest BCUT2D eigenvalue weighted by Crippen LogP contribution is 2.19. The predicted molar refractivity (Wildman–Crippen MR) is 129 cm³/mol. The lowest BCUT2D eigenvalue weighted by molar-refractivity contribution is -0.124. The van der Waals surface area contributed by atoms with Crippen molar-refractivity contribution in [2.24, 2.45) is 0 Å². The molecule has 1 saturated carbocycles. The smallest absolute Gasteiger partial charge is 0.407 e. The third-order valence-corrected chi connectivity index (χ3v) is 7.14. The van der Waals surface area contributed by atoms with Gasteiger partial charge in [0, 0.05) is 18.7 Å². The van der Waals surface area contributed by atoms with E-state index < -0.39 is 57.4 Å². The van der Waals surface area contributed by atoms with Crippen molar-refractivity contribution in [3.8, 4) is 0 Å². The highest BCUT2D eigenvalue weighted by molar-refractivity contribution is 7.91. The fourth-order valence-corrected chi connectivity index (χ4v) is 4.99. The molecule has 1 aromatic carbocycles. The average molecular weight is 542 g/mol. The monoisotopic (exact) mass is 541 g/mol. The molecule has 4 N–H and O–H groups in total. The summed E-state index contributed by atoms with van der Waals surface area (Å²) in [6, 6.07) is 0.644. The maximum atomic E-state index is 13.7. The summed E-state index contributed by atoms with van der Waals surface area (Å²) in [4.78, 5) is 24.8. The number of sulfone groups is 1. The van der Waals surface area contributed by atoms with Gasteiger partial charge in [-0.15, -0.1) is 12.4 Å². The van der Waals surface area contributed by atoms with E-state index in [1.54, 1.807) is 0 Å². The molecule has 35 heavy (non-hydrogen) atoms. The van der Waals surface area contributed by atoms with Gasteiger partial charge in [-0.2, -0.15) is 0 Å². The van der Waals surface area contributed by atoms with E-state index in [-0.39, 0.29) is 42.7 Å². The predicted octanol–water partition coefficient (Wildman–Crippen LogP) is 1.47. The fraction of sp³-hybridized carbons (Fsp3) is 0.636. The van der Waals surface area contributed by atoms with Gasteiger partial charge in [-0.25, -0.2) is 22.0 Å². The zero-order chi connectivity index (χ0) is 25.3. The number of ether oxygens (including phenoxy) is 1. The summed E-state index contributed by atoms with van der Waals surface area (Å²) in [6.45, 7) is 1.93. The molecule has 2 rings (SSSR count). The van der Waals surface area contributed by atoms with Crippen LogP contribution in [0.5, 0.6) is 0 Å². The number of nitrogens with one attached hydrogen (secondary N) is 3. The molecule has 0 unspecified atom stereocenters. The Kier molecular flexibility index (Phi) is 12.9. The second-order valence-electron chi connectivity index (χ2n) is 8.50. The van der Waals surface area contributed by atoms with Crippen LogP contribution in [0.2, 0.25) is 0 Å². The topological polar surface area (TPSA) is 134 Å². The van der Waals surface area contributed by atoms with Crippen molar-refractivity contribution in [3.05, 3.63) is 35.4 Å². The van der Waals surface area contributed by atoms with Crippen molar-refractivity contribution >= 4 is 34.2 Å². The lowest BCUT2D eigenvalue weighted by atomic mass is 10.00. The molecule has 1 aliphatic rings. The Morgan fingerprint density at radius 2 is 1.80 bits per heavy atom. The maximum Gasteiger partial charge on any atom is 0.407 e. The molecule has 0 bridgehead atoms. The van der Waals surface area contributed by atoms with Crippen molar-refractivity contribution < 1.29 is 36.6 Å². The van der Waals surface area contributed by atoms with Gasteiger partial charge in [0.2, 0.25) is 5.91 Å². The minimum Gasteiger partial charge on any atom is -0.453 e. The Hall–Kier alpha value is -2.02. The number of halogens is 3. The maximum absolute atomic E-state index is 13.7. The van der Waals surface area contributed by atoms with Gasteiger partial charge in [0.25, 0.3) is 0 Å². The minimum absolute atomic E-state index is 0. The van der Waals surface area contributed by atoms with E-state index in [2.05, 4.69) is 20.7 Å². The number of rotatable bonds is 14. The molecular weight excluding hydrogens is 508 g/mol. The third-order valence-electron chi connectivity index (χ3n) is 5.39. The molecule has 1 fully saturated rings. The summed E-state index contributed by atoms with van der Waals surface area (Å²) in [5.41, 5.74) is 0.196. The third kappa shape index (κ3) is 11.5. The standard InChI is InChI=1S/C22H33F2N3O6S.ClH/c1-3-4-7-34(31,32)13-19(27-22(30)33-2)21(29)26-18(20(28)12-25-17-5-6-17)10-14-8-15(23)11-16(24)9-14;/h8-9,11,17-20,25,28H,3-7,10,12-13H2,1-2H3,(H,26,29)(H,27,30);1H/t18-,19+,20+;/m0./s1. The number of alkyl carbamates (subject to hydrolysis) is 1. The van der Waals surface area contributed by atoms with Gasteiger partial charge < -0.3 is 25.8 Å². The van der Waals surface area contributed by atoms with Gasteiger partial charge in [-0.1, -0.05) is 13.3 Å². The van der Waals surface area contributed by atoms with E-state index in [1.165, 1.54) is 0 Å². The molecule has 0 aliphatic heterocycles. The number of unbranched alkanes of at least 4 members (excludes halogenated alkanes) is 1. The average Bonchev–Trinajstić information content (AvgIpc) is 3.58. The summed E-state index contributed by atoms with van der Waals surface area (Å²) < 4.78 is 56.7. The van der Waals surface area contributed by atoms with E-state index in [0.717, 1.165) is 32.1 Å². The van der Waals surface area contributed by atoms with Crippen molar-refractivity contribution in [2.45, 2.75) is 63.3 Å². The molecule has 2 amide bonds. The first-order valence-electron chi connectivity index (χ1n) is 11.2. The molecule has 0 spiro atoms. The van der Waals surface area contributed by atoms with Gasteiger partial charge in [0.05, 0.1) is 30.8 Å². The molecule has 0 radical (unpaired) electrons. The summed E-state index contributed by atoms with van der Waals surface area (Å²) in [7, 11) is -2.61. The number of methoxy groups -OCH3 is 1. The zero-order valence-electron chi connectivity index (χ0n) is 19.8. The minimum atomic E-state index is -3.69. The summed E-state index contributed by atoms with van der Waals surface area (Å²) in [5.74, 6) is -3.30. The molecule has 0 saturated heterocycles. The number of hydrogen-bond acceptors (Lipinski definition) is 7. The van der Waals surface area contributed by atoms with Crippen LogP contribution in [0.3, 0.4) is 0 Å². The van der Waals surface area contributed by atoms with E-state index in [0.29, 0.717) is 18.9 Å². The largest absolute Gasteiger partial charge is 0.453 e. The second kappa shape index (κ2) is 14.5. The molecule has 13 heteroatoms. The SMILES string of the molecule is CCCCS(=O)(=O)C[C@@H](NC(=O)OC)C(=O)N[C@@H](Cc1cc(F)cc(F)c1)[C@H](O)CNC1CC1.Cl.